The molecule has 4 nitrogen and oxygen atoms in total. The zero-order chi connectivity index (χ0) is 12.5. The van der Waals surface area contributed by atoms with E-state index in [9.17, 15) is 19.4 Å². The number of aliphatic hydroxyl groups excluding tert-OH is 1. The highest BCUT2D eigenvalue weighted by molar-refractivity contribution is 9.10. The number of carbonyl (C=O) groups is 1. The molecule has 1 atom stereocenters. The van der Waals surface area contributed by atoms with Crippen LogP contribution >= 0.6 is 15.9 Å². The molecule has 0 saturated carbocycles. The number of hydrogen-bond acceptors (Lipinski definition) is 4. The lowest BCUT2D eigenvalue weighted by Crippen LogP contribution is -2.15. The Morgan fingerprint density at radius 2 is 2.19 bits per heavy atom. The summed E-state index contributed by atoms with van der Waals surface area (Å²) in [7, 11) is 1.09. The van der Waals surface area contributed by atoms with Crippen LogP contribution in [0.15, 0.2) is 10.5 Å². The van der Waals surface area contributed by atoms with Gasteiger partial charge in [0, 0.05) is 10.0 Å². The number of rotatable bonds is 2. The maximum Gasteiger partial charge on any atom is 0.339 e. The summed E-state index contributed by atoms with van der Waals surface area (Å²) >= 11 is 3.06. The summed E-state index contributed by atoms with van der Waals surface area (Å²) in [5.74, 6) is -2.63. The Morgan fingerprint density at radius 1 is 1.62 bits per heavy atom. The fraction of sp³-hybridized carbons (Fsp3) is 0.300. The lowest BCUT2D eigenvalue weighted by atomic mass is 10.0. The molecule has 2 N–H and O–H groups in total. The van der Waals surface area contributed by atoms with Crippen LogP contribution in [0.5, 0.6) is 5.75 Å². The van der Waals surface area contributed by atoms with Gasteiger partial charge in [0.1, 0.15) is 0 Å². The van der Waals surface area contributed by atoms with Crippen molar-refractivity contribution >= 4 is 21.9 Å². The van der Waals surface area contributed by atoms with Crippen LogP contribution in [0.25, 0.3) is 0 Å². The molecule has 0 aliphatic rings. The first-order valence-corrected chi connectivity index (χ1v) is 5.12. The number of halogens is 2. The summed E-state index contributed by atoms with van der Waals surface area (Å²) in [4.78, 5) is 11.1. The number of carbonyl (C=O) groups excluding carboxylic acids is 1. The minimum Gasteiger partial charge on any atom is -0.505 e. The first-order chi connectivity index (χ1) is 7.40. The summed E-state index contributed by atoms with van der Waals surface area (Å²) in [6, 6.07) is 1.05. The molecule has 1 rings (SSSR count). The molecule has 0 heterocycles. The van der Waals surface area contributed by atoms with Gasteiger partial charge >= 0.3 is 5.97 Å². The summed E-state index contributed by atoms with van der Waals surface area (Å²) in [6.45, 7) is 1.53. The molecule has 0 bridgehead atoms. The smallest absolute Gasteiger partial charge is 0.339 e. The standard InChI is InChI=1S/C10H10BrFO4/c1-4-5(11)3-6(12)8(13)7(4)9(14)10(15)16-2/h3,9,13-14H,1-2H3. The topological polar surface area (TPSA) is 66.8 Å². The SMILES string of the molecule is COC(=O)C(O)c1c(C)c(Br)cc(F)c1O. The summed E-state index contributed by atoms with van der Waals surface area (Å²) in [5.41, 5.74) is 0.176. The van der Waals surface area contributed by atoms with Gasteiger partial charge in [-0.3, -0.25) is 0 Å². The molecule has 0 spiro atoms. The minimum atomic E-state index is -1.71. The minimum absolute atomic E-state index is 0.196. The normalized spacial score (nSPS) is 12.3. The Balaban J connectivity index is 3.37. The van der Waals surface area contributed by atoms with Gasteiger partial charge in [-0.05, 0) is 18.6 Å². The second kappa shape index (κ2) is 4.80. The van der Waals surface area contributed by atoms with Crippen molar-refractivity contribution in [3.63, 3.8) is 0 Å². The fourth-order valence-electron chi connectivity index (χ4n) is 1.29. The van der Waals surface area contributed by atoms with E-state index < -0.39 is 23.6 Å². The summed E-state index contributed by atoms with van der Waals surface area (Å²) < 4.78 is 17.9. The number of benzene rings is 1. The molecule has 0 aliphatic heterocycles. The molecular weight excluding hydrogens is 283 g/mol. The van der Waals surface area contributed by atoms with Gasteiger partial charge in [0.15, 0.2) is 17.7 Å². The van der Waals surface area contributed by atoms with Crippen LogP contribution in [-0.4, -0.2) is 23.3 Å². The van der Waals surface area contributed by atoms with Crippen LogP contribution in [0.1, 0.15) is 17.2 Å². The Bertz CT molecular complexity index is 407. The molecule has 0 radical (unpaired) electrons. The molecule has 0 aliphatic carbocycles. The van der Waals surface area contributed by atoms with E-state index in [1.807, 2.05) is 0 Å². The molecular formula is C10H10BrFO4. The zero-order valence-electron chi connectivity index (χ0n) is 8.62. The van der Waals surface area contributed by atoms with E-state index in [0.29, 0.717) is 10.0 Å². The van der Waals surface area contributed by atoms with Crippen LogP contribution in [0.2, 0.25) is 0 Å². The van der Waals surface area contributed by atoms with Crippen molar-refractivity contribution in [3.8, 4) is 5.75 Å². The van der Waals surface area contributed by atoms with Gasteiger partial charge in [-0.15, -0.1) is 0 Å². The number of ether oxygens (including phenoxy) is 1. The van der Waals surface area contributed by atoms with E-state index in [4.69, 9.17) is 0 Å². The molecule has 1 aromatic rings. The van der Waals surface area contributed by atoms with Gasteiger partial charge in [0.2, 0.25) is 0 Å². The predicted octanol–water partition coefficient (Wildman–Crippen LogP) is 1.81. The third-order valence-corrected chi connectivity index (χ3v) is 3.02. The van der Waals surface area contributed by atoms with Crippen molar-refractivity contribution in [3.05, 3.63) is 27.5 Å². The van der Waals surface area contributed by atoms with Gasteiger partial charge in [-0.2, -0.15) is 0 Å². The maximum atomic E-state index is 13.2. The number of esters is 1. The Morgan fingerprint density at radius 3 is 2.69 bits per heavy atom. The van der Waals surface area contributed by atoms with E-state index in [0.717, 1.165) is 13.2 Å². The first kappa shape index (κ1) is 12.9. The average molecular weight is 293 g/mol. The van der Waals surface area contributed by atoms with Crippen LogP contribution < -0.4 is 0 Å². The highest BCUT2D eigenvalue weighted by Crippen LogP contribution is 2.35. The molecule has 6 heteroatoms. The second-order valence-corrected chi connectivity index (χ2v) is 4.01. The number of phenols is 1. The fourth-order valence-corrected chi connectivity index (χ4v) is 1.70. The zero-order valence-corrected chi connectivity index (χ0v) is 10.2. The van der Waals surface area contributed by atoms with Crippen LogP contribution in [0.3, 0.4) is 0 Å². The molecule has 0 amide bonds. The number of aromatic hydroxyl groups is 1. The van der Waals surface area contributed by atoms with Gasteiger partial charge in [0.25, 0.3) is 0 Å². The monoisotopic (exact) mass is 292 g/mol. The predicted molar refractivity (Wildman–Crippen MR) is 57.5 cm³/mol. The van der Waals surface area contributed by atoms with E-state index in [2.05, 4.69) is 20.7 Å². The third kappa shape index (κ3) is 2.17. The van der Waals surface area contributed by atoms with E-state index >= 15 is 0 Å². The molecule has 88 valence electrons. The van der Waals surface area contributed by atoms with Crippen molar-refractivity contribution < 1.29 is 24.1 Å². The quantitative estimate of drug-likeness (QED) is 0.816. The van der Waals surface area contributed by atoms with E-state index in [1.165, 1.54) is 6.92 Å². The van der Waals surface area contributed by atoms with Crippen molar-refractivity contribution in [2.45, 2.75) is 13.0 Å². The lowest BCUT2D eigenvalue weighted by Gasteiger charge is -2.15. The van der Waals surface area contributed by atoms with Crippen molar-refractivity contribution in [1.29, 1.82) is 0 Å². The van der Waals surface area contributed by atoms with Gasteiger partial charge in [-0.25, -0.2) is 9.18 Å². The largest absolute Gasteiger partial charge is 0.505 e. The molecule has 1 aromatic carbocycles. The summed E-state index contributed by atoms with van der Waals surface area (Å²) in [6.07, 6.45) is -1.71. The number of phenolic OH excluding ortho intramolecular Hbond substituents is 1. The van der Waals surface area contributed by atoms with Crippen molar-refractivity contribution in [2.24, 2.45) is 0 Å². The molecule has 0 saturated heterocycles. The summed E-state index contributed by atoms with van der Waals surface area (Å²) in [5, 5.41) is 19.0. The highest BCUT2D eigenvalue weighted by Gasteiger charge is 2.26. The van der Waals surface area contributed by atoms with Gasteiger partial charge in [-0.1, -0.05) is 15.9 Å². The molecule has 1 unspecified atom stereocenters. The lowest BCUT2D eigenvalue weighted by molar-refractivity contribution is -0.150. The molecule has 16 heavy (non-hydrogen) atoms. The highest BCUT2D eigenvalue weighted by atomic mass is 79.9. The molecule has 0 fully saturated rings. The second-order valence-electron chi connectivity index (χ2n) is 3.15. The average Bonchev–Trinajstić information content (AvgIpc) is 2.25. The van der Waals surface area contributed by atoms with Gasteiger partial charge < -0.3 is 14.9 Å². The number of hydrogen-bond donors (Lipinski definition) is 2. The van der Waals surface area contributed by atoms with E-state index in [-0.39, 0.29) is 5.56 Å². The van der Waals surface area contributed by atoms with Crippen LogP contribution in [0.4, 0.5) is 4.39 Å². The number of aliphatic hydroxyl groups is 1. The molecule has 0 aromatic heterocycles. The Hall–Kier alpha value is -1.14. The van der Waals surface area contributed by atoms with Crippen LogP contribution in [0, 0.1) is 12.7 Å². The third-order valence-electron chi connectivity index (χ3n) is 2.19. The number of methoxy groups -OCH3 is 1. The van der Waals surface area contributed by atoms with Crippen LogP contribution in [-0.2, 0) is 9.53 Å². The van der Waals surface area contributed by atoms with Gasteiger partial charge in [0.05, 0.1) is 7.11 Å². The van der Waals surface area contributed by atoms with Crippen molar-refractivity contribution in [1.82, 2.24) is 0 Å². The maximum absolute atomic E-state index is 13.2. The first-order valence-electron chi connectivity index (χ1n) is 4.33. The Labute approximate surface area is 99.8 Å². The van der Waals surface area contributed by atoms with E-state index in [1.54, 1.807) is 0 Å². The van der Waals surface area contributed by atoms with Crippen molar-refractivity contribution in [2.75, 3.05) is 7.11 Å². The Kier molecular flexibility index (Phi) is 3.88.